The van der Waals surface area contributed by atoms with Gasteiger partial charge in [0.25, 0.3) is 5.91 Å². The molecule has 6 nitrogen and oxygen atoms in total. The lowest BCUT2D eigenvalue weighted by Crippen LogP contribution is -2.40. The van der Waals surface area contributed by atoms with E-state index in [9.17, 15) is 32.3 Å². The maximum atomic E-state index is 13.2. The van der Waals surface area contributed by atoms with E-state index in [-0.39, 0.29) is 22.2 Å². The molecule has 0 aromatic heterocycles. The molecule has 0 saturated heterocycles. The Morgan fingerprint density at radius 2 is 1.54 bits per heavy atom. The number of aromatic hydroxyl groups is 1. The molecule has 0 unspecified atom stereocenters. The van der Waals surface area contributed by atoms with Gasteiger partial charge in [0, 0.05) is 17.3 Å². The Bertz CT molecular complexity index is 1180. The van der Waals surface area contributed by atoms with Gasteiger partial charge in [0.05, 0.1) is 5.69 Å². The molecule has 0 spiro atoms. The highest BCUT2D eigenvalue weighted by Gasteiger charge is 2.49. The number of carbonyl (C=O) groups is 2. The van der Waals surface area contributed by atoms with Crippen molar-refractivity contribution in [2.24, 2.45) is 0 Å². The van der Waals surface area contributed by atoms with Gasteiger partial charge in [-0.2, -0.15) is 8.78 Å². The summed E-state index contributed by atoms with van der Waals surface area (Å²) in [7, 11) is 0. The smallest absolute Gasteiger partial charge is 0.383 e. The van der Waals surface area contributed by atoms with Gasteiger partial charge in [-0.05, 0) is 53.9 Å². The SMILES string of the molecule is CC[C@@H](Oc1ccc(C(C)(C)CC)cc1C(C)(C)CC)C(=O)Nc1ccc(NC(=O)C(F)(F)C(F)F)cc1O. The maximum absolute atomic E-state index is 13.2. The number of carbonyl (C=O) groups excluding carboxylic acids is 2. The molecule has 2 amide bonds. The van der Waals surface area contributed by atoms with E-state index in [0.717, 1.165) is 42.2 Å². The predicted molar refractivity (Wildman–Crippen MR) is 144 cm³/mol. The van der Waals surface area contributed by atoms with Gasteiger partial charge >= 0.3 is 18.3 Å². The molecule has 2 aromatic carbocycles. The van der Waals surface area contributed by atoms with Crippen LogP contribution in [0.15, 0.2) is 36.4 Å². The zero-order valence-electron chi connectivity index (χ0n) is 23.4. The summed E-state index contributed by atoms with van der Waals surface area (Å²) in [6, 6.07) is 9.11. The molecule has 0 aliphatic carbocycles. The molecule has 10 heteroatoms. The van der Waals surface area contributed by atoms with E-state index in [2.05, 4.69) is 52.9 Å². The third-order valence-corrected chi connectivity index (χ3v) is 7.28. The van der Waals surface area contributed by atoms with Gasteiger partial charge < -0.3 is 20.5 Å². The summed E-state index contributed by atoms with van der Waals surface area (Å²) in [6.07, 6.45) is -3.03. The van der Waals surface area contributed by atoms with E-state index in [0.29, 0.717) is 12.2 Å². The Kier molecular flexibility index (Phi) is 10.0. The van der Waals surface area contributed by atoms with Crippen molar-refractivity contribution in [3.63, 3.8) is 0 Å². The van der Waals surface area contributed by atoms with Crippen molar-refractivity contribution in [2.45, 2.75) is 97.0 Å². The Labute approximate surface area is 227 Å². The van der Waals surface area contributed by atoms with Crippen LogP contribution in [0.3, 0.4) is 0 Å². The molecular formula is C29H38F4N2O4. The number of rotatable bonds is 12. The highest BCUT2D eigenvalue weighted by molar-refractivity contribution is 5.98. The van der Waals surface area contributed by atoms with Gasteiger partial charge in [0.2, 0.25) is 0 Å². The van der Waals surface area contributed by atoms with Crippen LogP contribution in [-0.2, 0) is 20.4 Å². The van der Waals surface area contributed by atoms with Crippen molar-refractivity contribution in [2.75, 3.05) is 10.6 Å². The molecule has 0 heterocycles. The van der Waals surface area contributed by atoms with Crippen LogP contribution >= 0.6 is 0 Å². The fourth-order valence-electron chi connectivity index (χ4n) is 3.69. The zero-order chi connectivity index (χ0) is 29.8. The maximum Gasteiger partial charge on any atom is 0.383 e. The number of phenols is 1. The minimum absolute atomic E-state index is 0.0445. The highest BCUT2D eigenvalue weighted by atomic mass is 19.3. The molecule has 2 rings (SSSR count). The van der Waals surface area contributed by atoms with Crippen LogP contribution < -0.4 is 15.4 Å². The molecular weight excluding hydrogens is 516 g/mol. The van der Waals surface area contributed by atoms with Crippen molar-refractivity contribution in [1.29, 1.82) is 0 Å². The molecule has 0 aliphatic heterocycles. The normalized spacial score (nSPS) is 13.2. The number of anilines is 2. The van der Waals surface area contributed by atoms with E-state index in [1.165, 1.54) is 0 Å². The van der Waals surface area contributed by atoms with Crippen LogP contribution in [0, 0.1) is 0 Å². The van der Waals surface area contributed by atoms with E-state index in [1.54, 1.807) is 12.2 Å². The number of hydrogen-bond donors (Lipinski definition) is 3. The van der Waals surface area contributed by atoms with E-state index >= 15 is 0 Å². The predicted octanol–water partition coefficient (Wildman–Crippen LogP) is 7.40. The first-order valence-corrected chi connectivity index (χ1v) is 12.9. The number of ether oxygens (including phenoxy) is 1. The molecule has 1 atom stereocenters. The number of alkyl halides is 4. The minimum atomic E-state index is -4.90. The van der Waals surface area contributed by atoms with Crippen molar-refractivity contribution < 1.29 is 37.0 Å². The van der Waals surface area contributed by atoms with Gasteiger partial charge in [0.1, 0.15) is 11.5 Å². The average molecular weight is 555 g/mol. The molecule has 0 saturated carbocycles. The van der Waals surface area contributed by atoms with Crippen LogP contribution in [0.1, 0.15) is 78.9 Å². The van der Waals surface area contributed by atoms with Gasteiger partial charge in [-0.25, -0.2) is 8.78 Å². The Morgan fingerprint density at radius 3 is 2.05 bits per heavy atom. The molecule has 2 aromatic rings. The number of nitrogens with one attached hydrogen (secondary N) is 2. The lowest BCUT2D eigenvalue weighted by Gasteiger charge is -2.31. The summed E-state index contributed by atoms with van der Waals surface area (Å²) in [5, 5.41) is 14.4. The van der Waals surface area contributed by atoms with Gasteiger partial charge in [-0.3, -0.25) is 9.59 Å². The number of halogens is 4. The third-order valence-electron chi connectivity index (χ3n) is 7.28. The summed E-state index contributed by atoms with van der Waals surface area (Å²) >= 11 is 0. The average Bonchev–Trinajstić information content (AvgIpc) is 2.88. The summed E-state index contributed by atoms with van der Waals surface area (Å²) in [6.45, 7) is 14.5. The van der Waals surface area contributed by atoms with Crippen molar-refractivity contribution in [3.8, 4) is 11.5 Å². The standard InChI is InChI=1S/C29H38F4N2O4/c1-8-22(39-23-14-11-17(27(4,5)9-2)15-19(23)28(6,7)10-3)24(37)35-20-13-12-18(16-21(20)36)34-26(38)29(32,33)25(30)31/h11-16,22,25,36H,8-10H2,1-7H3,(H,34,38)(H,35,37)/t22-/m1/s1. The Hall–Kier alpha value is -3.30. The second-order valence-electron chi connectivity index (χ2n) is 10.8. The summed E-state index contributed by atoms with van der Waals surface area (Å²) in [5.74, 6) is -7.67. The van der Waals surface area contributed by atoms with Crippen molar-refractivity contribution >= 4 is 23.2 Å². The fourth-order valence-corrected chi connectivity index (χ4v) is 3.69. The Morgan fingerprint density at radius 1 is 0.923 bits per heavy atom. The van der Waals surface area contributed by atoms with Crippen LogP contribution in [0.4, 0.5) is 28.9 Å². The highest BCUT2D eigenvalue weighted by Crippen LogP contribution is 2.39. The lowest BCUT2D eigenvalue weighted by atomic mass is 9.76. The number of benzene rings is 2. The summed E-state index contributed by atoms with van der Waals surface area (Å²) in [4.78, 5) is 24.5. The molecule has 216 valence electrons. The van der Waals surface area contributed by atoms with Gasteiger partial charge in [-0.15, -0.1) is 0 Å². The topological polar surface area (TPSA) is 87.7 Å². The number of phenolic OH excluding ortho intramolecular Hbond substituents is 1. The van der Waals surface area contributed by atoms with Crippen LogP contribution in [-0.4, -0.2) is 35.4 Å². The molecule has 3 N–H and O–H groups in total. The minimum Gasteiger partial charge on any atom is -0.506 e. The van der Waals surface area contributed by atoms with Crippen LogP contribution in [0.5, 0.6) is 11.5 Å². The van der Waals surface area contributed by atoms with Gasteiger partial charge in [0.15, 0.2) is 6.10 Å². The van der Waals surface area contributed by atoms with Crippen molar-refractivity contribution in [1.82, 2.24) is 0 Å². The van der Waals surface area contributed by atoms with E-state index in [4.69, 9.17) is 4.74 Å². The second-order valence-corrected chi connectivity index (χ2v) is 10.8. The largest absolute Gasteiger partial charge is 0.506 e. The molecule has 0 aliphatic rings. The molecule has 39 heavy (non-hydrogen) atoms. The first kappa shape index (κ1) is 31.9. The molecule has 0 radical (unpaired) electrons. The van der Waals surface area contributed by atoms with Crippen LogP contribution in [0.25, 0.3) is 0 Å². The lowest BCUT2D eigenvalue weighted by molar-refractivity contribution is -0.163. The quantitative estimate of drug-likeness (QED) is 0.188. The second kappa shape index (κ2) is 12.3. The Balaban J connectivity index is 2.27. The first-order valence-electron chi connectivity index (χ1n) is 12.9. The number of amides is 2. The third kappa shape index (κ3) is 7.42. The van der Waals surface area contributed by atoms with E-state index < -0.39 is 36.0 Å². The van der Waals surface area contributed by atoms with Gasteiger partial charge in [-0.1, -0.05) is 60.6 Å². The van der Waals surface area contributed by atoms with E-state index in [1.807, 2.05) is 12.1 Å². The monoisotopic (exact) mass is 554 g/mol. The first-order chi connectivity index (χ1) is 18.0. The fraction of sp³-hybridized carbons (Fsp3) is 0.517. The number of hydrogen-bond acceptors (Lipinski definition) is 4. The summed E-state index contributed by atoms with van der Waals surface area (Å²) in [5.41, 5.74) is 1.44. The molecule has 0 fully saturated rings. The zero-order valence-corrected chi connectivity index (χ0v) is 23.4. The van der Waals surface area contributed by atoms with Crippen LogP contribution in [0.2, 0.25) is 0 Å². The molecule has 0 bridgehead atoms. The summed E-state index contributed by atoms with van der Waals surface area (Å²) < 4.78 is 57.4. The van der Waals surface area contributed by atoms with Crippen molar-refractivity contribution in [3.05, 3.63) is 47.5 Å².